The zero-order chi connectivity index (χ0) is 14.5. The molecule has 20 heavy (non-hydrogen) atoms. The van der Waals surface area contributed by atoms with Crippen molar-refractivity contribution in [1.29, 1.82) is 0 Å². The Morgan fingerprint density at radius 2 is 2.40 bits per heavy atom. The Morgan fingerprint density at radius 1 is 1.60 bits per heavy atom. The smallest absolute Gasteiger partial charge is 0.304 e. The summed E-state index contributed by atoms with van der Waals surface area (Å²) in [6.45, 7) is 5.40. The number of aliphatic carboxylic acids is 1. The summed E-state index contributed by atoms with van der Waals surface area (Å²) in [5, 5.41) is 11.7. The van der Waals surface area contributed by atoms with Crippen LogP contribution >= 0.6 is 11.3 Å². The first kappa shape index (κ1) is 14.7. The molecule has 0 aliphatic rings. The van der Waals surface area contributed by atoms with Gasteiger partial charge >= 0.3 is 5.97 Å². The van der Waals surface area contributed by atoms with Crippen molar-refractivity contribution in [3.63, 3.8) is 0 Å². The summed E-state index contributed by atoms with van der Waals surface area (Å²) in [5.41, 5.74) is 0.945. The summed E-state index contributed by atoms with van der Waals surface area (Å²) in [5.74, 6) is -0.00612. The van der Waals surface area contributed by atoms with E-state index in [4.69, 9.17) is 9.52 Å². The molecular weight excluding hydrogens is 276 g/mol. The highest BCUT2D eigenvalue weighted by atomic mass is 32.1. The Hall–Kier alpha value is -1.66. The van der Waals surface area contributed by atoms with Crippen molar-refractivity contribution in [3.8, 4) is 10.8 Å². The molecule has 1 unspecified atom stereocenters. The number of hydrogen-bond donors (Lipinski definition) is 1. The first-order valence-electron chi connectivity index (χ1n) is 6.54. The van der Waals surface area contributed by atoms with E-state index in [1.165, 1.54) is 11.3 Å². The number of carboxylic acid groups (broad SMARTS) is 1. The molecule has 5 nitrogen and oxygen atoms in total. The molecule has 0 amide bonds. The van der Waals surface area contributed by atoms with Crippen molar-refractivity contribution < 1.29 is 14.3 Å². The van der Waals surface area contributed by atoms with E-state index in [2.05, 4.69) is 9.88 Å². The fourth-order valence-electron chi connectivity index (χ4n) is 2.06. The minimum absolute atomic E-state index is 0.00809. The monoisotopic (exact) mass is 294 g/mol. The Bertz CT molecular complexity index is 551. The molecule has 0 saturated heterocycles. The molecule has 2 heterocycles. The second-order valence-corrected chi connectivity index (χ2v) is 5.49. The minimum atomic E-state index is -0.773. The largest absolute Gasteiger partial charge is 0.481 e. The van der Waals surface area contributed by atoms with Crippen LogP contribution in [-0.2, 0) is 11.3 Å². The normalized spacial score (nSPS) is 12.8. The maximum Gasteiger partial charge on any atom is 0.304 e. The van der Waals surface area contributed by atoms with E-state index < -0.39 is 5.97 Å². The average molecular weight is 294 g/mol. The lowest BCUT2D eigenvalue weighted by atomic mass is 10.2. The van der Waals surface area contributed by atoms with Crippen LogP contribution in [-0.4, -0.2) is 33.5 Å². The Morgan fingerprint density at radius 3 is 3.00 bits per heavy atom. The van der Waals surface area contributed by atoms with Gasteiger partial charge in [-0.2, -0.15) is 0 Å². The molecule has 2 aromatic rings. The number of aromatic nitrogens is 1. The lowest BCUT2D eigenvalue weighted by Gasteiger charge is -2.25. The van der Waals surface area contributed by atoms with Crippen molar-refractivity contribution in [2.45, 2.75) is 32.9 Å². The molecule has 2 rings (SSSR count). The summed E-state index contributed by atoms with van der Waals surface area (Å²) in [6, 6.07) is 3.71. The molecule has 6 heteroatoms. The van der Waals surface area contributed by atoms with Crippen LogP contribution in [0.5, 0.6) is 0 Å². The van der Waals surface area contributed by atoms with E-state index >= 15 is 0 Å². The van der Waals surface area contributed by atoms with Gasteiger partial charge in [0, 0.05) is 18.0 Å². The Kier molecular flexibility index (Phi) is 4.92. The van der Waals surface area contributed by atoms with Gasteiger partial charge < -0.3 is 9.52 Å². The highest BCUT2D eigenvalue weighted by Crippen LogP contribution is 2.24. The second kappa shape index (κ2) is 6.67. The van der Waals surface area contributed by atoms with E-state index in [9.17, 15) is 4.79 Å². The molecule has 0 spiro atoms. The molecule has 108 valence electrons. The van der Waals surface area contributed by atoms with Crippen LogP contribution in [0.3, 0.4) is 0 Å². The lowest BCUT2D eigenvalue weighted by molar-refractivity contribution is -0.138. The Balaban J connectivity index is 2.03. The molecule has 0 aromatic carbocycles. The van der Waals surface area contributed by atoms with E-state index in [1.54, 1.807) is 6.26 Å². The molecule has 0 bridgehead atoms. The minimum Gasteiger partial charge on any atom is -0.481 e. The fourth-order valence-corrected chi connectivity index (χ4v) is 2.84. The topological polar surface area (TPSA) is 66.6 Å². The number of rotatable bonds is 7. The van der Waals surface area contributed by atoms with Gasteiger partial charge in [-0.05, 0) is 25.6 Å². The predicted molar refractivity (Wildman–Crippen MR) is 77.6 cm³/mol. The van der Waals surface area contributed by atoms with Crippen molar-refractivity contribution >= 4 is 17.3 Å². The Labute approximate surface area is 121 Å². The fraction of sp³-hybridized carbons (Fsp3) is 0.429. The van der Waals surface area contributed by atoms with Crippen molar-refractivity contribution in [3.05, 3.63) is 29.5 Å². The summed E-state index contributed by atoms with van der Waals surface area (Å²) in [4.78, 5) is 17.4. The number of furan rings is 1. The maximum absolute atomic E-state index is 10.8. The number of nitrogens with zero attached hydrogens (tertiary/aromatic N) is 2. The molecule has 0 fully saturated rings. The van der Waals surface area contributed by atoms with Gasteiger partial charge in [0.25, 0.3) is 0 Å². The third kappa shape index (κ3) is 3.68. The lowest BCUT2D eigenvalue weighted by Crippen LogP contribution is -2.34. The van der Waals surface area contributed by atoms with Gasteiger partial charge in [-0.15, -0.1) is 11.3 Å². The molecule has 1 atom stereocenters. The zero-order valence-corrected chi connectivity index (χ0v) is 12.4. The van der Waals surface area contributed by atoms with E-state index in [-0.39, 0.29) is 12.5 Å². The van der Waals surface area contributed by atoms with Gasteiger partial charge in [0.05, 0.1) is 18.4 Å². The van der Waals surface area contributed by atoms with E-state index in [1.807, 2.05) is 31.4 Å². The van der Waals surface area contributed by atoms with Crippen LogP contribution < -0.4 is 0 Å². The molecule has 0 saturated carbocycles. The van der Waals surface area contributed by atoms with Crippen LogP contribution in [0, 0.1) is 0 Å². The van der Waals surface area contributed by atoms with Crippen LogP contribution in [0.2, 0.25) is 0 Å². The predicted octanol–water partition coefficient (Wildman–Crippen LogP) is 3.09. The third-order valence-corrected chi connectivity index (χ3v) is 4.05. The molecule has 1 N–H and O–H groups in total. The summed E-state index contributed by atoms with van der Waals surface area (Å²) < 4.78 is 5.32. The van der Waals surface area contributed by atoms with Gasteiger partial charge in [-0.1, -0.05) is 6.92 Å². The number of thiazole rings is 1. The van der Waals surface area contributed by atoms with Crippen LogP contribution in [0.25, 0.3) is 10.8 Å². The van der Waals surface area contributed by atoms with Crippen LogP contribution in [0.15, 0.2) is 28.2 Å². The first-order chi connectivity index (χ1) is 9.60. The van der Waals surface area contributed by atoms with Crippen molar-refractivity contribution in [2.75, 3.05) is 6.54 Å². The van der Waals surface area contributed by atoms with Crippen molar-refractivity contribution in [1.82, 2.24) is 9.88 Å². The molecule has 0 aliphatic heterocycles. The van der Waals surface area contributed by atoms with E-state index in [0.29, 0.717) is 6.54 Å². The number of carbonyl (C=O) groups is 1. The zero-order valence-electron chi connectivity index (χ0n) is 11.6. The number of carboxylic acids is 1. The summed E-state index contributed by atoms with van der Waals surface area (Å²) in [6.07, 6.45) is 1.77. The average Bonchev–Trinajstić information content (AvgIpc) is 3.05. The standard InChI is InChI=1S/C14H18N2O3S/c1-3-16(10(2)7-13(17)18)8-11-9-20-14(15-11)12-5-4-6-19-12/h4-6,9-10H,3,7-8H2,1-2H3,(H,17,18). The van der Waals surface area contributed by atoms with E-state index in [0.717, 1.165) is 23.0 Å². The van der Waals surface area contributed by atoms with Crippen LogP contribution in [0.4, 0.5) is 0 Å². The molecule has 0 radical (unpaired) electrons. The quantitative estimate of drug-likeness (QED) is 0.850. The number of hydrogen-bond acceptors (Lipinski definition) is 5. The second-order valence-electron chi connectivity index (χ2n) is 4.63. The molecular formula is C14H18N2O3S. The van der Waals surface area contributed by atoms with Gasteiger partial charge in [-0.3, -0.25) is 9.69 Å². The summed E-state index contributed by atoms with van der Waals surface area (Å²) >= 11 is 1.54. The first-order valence-corrected chi connectivity index (χ1v) is 7.42. The SMILES string of the molecule is CCN(Cc1csc(-c2ccco2)n1)C(C)CC(=O)O. The highest BCUT2D eigenvalue weighted by molar-refractivity contribution is 7.13. The third-order valence-electron chi connectivity index (χ3n) is 3.15. The van der Waals surface area contributed by atoms with Gasteiger partial charge in [-0.25, -0.2) is 4.98 Å². The highest BCUT2D eigenvalue weighted by Gasteiger charge is 2.17. The van der Waals surface area contributed by atoms with Gasteiger partial charge in [0.1, 0.15) is 0 Å². The molecule has 2 aromatic heterocycles. The summed E-state index contributed by atoms with van der Waals surface area (Å²) in [7, 11) is 0. The maximum atomic E-state index is 10.8. The molecule has 0 aliphatic carbocycles. The van der Waals surface area contributed by atoms with Gasteiger partial charge in [0.15, 0.2) is 10.8 Å². The van der Waals surface area contributed by atoms with Gasteiger partial charge in [0.2, 0.25) is 0 Å². The van der Waals surface area contributed by atoms with Crippen molar-refractivity contribution in [2.24, 2.45) is 0 Å². The van der Waals surface area contributed by atoms with Crippen LogP contribution in [0.1, 0.15) is 26.0 Å².